The smallest absolute Gasteiger partial charge is 0.319 e. The highest BCUT2D eigenvalue weighted by Crippen LogP contribution is 2.35. The van der Waals surface area contributed by atoms with Crippen LogP contribution in [0.4, 0.5) is 10.8 Å². The Morgan fingerprint density at radius 1 is 1.43 bits per heavy atom. The fraction of sp³-hybridized carbons (Fsp3) is 0.308. The predicted octanol–water partition coefficient (Wildman–Crippen LogP) is 2.70. The van der Waals surface area contributed by atoms with E-state index in [0.717, 1.165) is 22.2 Å². The van der Waals surface area contributed by atoms with Gasteiger partial charge in [0.2, 0.25) is 5.13 Å². The summed E-state index contributed by atoms with van der Waals surface area (Å²) in [5.74, 6) is 0.565. The topological polar surface area (TPSA) is 73.3 Å². The van der Waals surface area contributed by atoms with Crippen molar-refractivity contribution in [2.75, 3.05) is 19.0 Å². The largest absolute Gasteiger partial charge is 0.495 e. The molecule has 2 heterocycles. The van der Waals surface area contributed by atoms with Gasteiger partial charge in [-0.25, -0.2) is 0 Å². The Hall–Kier alpha value is -1.80. The summed E-state index contributed by atoms with van der Waals surface area (Å²) in [6.45, 7) is 0.488. The summed E-state index contributed by atoms with van der Waals surface area (Å²) in [6, 6.07) is 7.59. The number of para-hydroxylation sites is 2. The van der Waals surface area contributed by atoms with Gasteiger partial charge in [-0.2, -0.15) is 0 Å². The van der Waals surface area contributed by atoms with Crippen molar-refractivity contribution < 1.29 is 14.3 Å². The first-order valence-corrected chi connectivity index (χ1v) is 8.03. The number of ether oxygens (including phenoxy) is 2. The third-order valence-corrected chi connectivity index (χ3v) is 5.05. The zero-order valence-corrected chi connectivity index (χ0v) is 12.9. The van der Waals surface area contributed by atoms with Crippen molar-refractivity contribution in [3.63, 3.8) is 0 Å². The monoisotopic (exact) mass is 323 g/mol. The molecule has 0 bridgehead atoms. The van der Waals surface area contributed by atoms with Gasteiger partial charge in [-0.05, 0) is 12.1 Å². The van der Waals surface area contributed by atoms with E-state index in [1.165, 1.54) is 23.1 Å². The van der Waals surface area contributed by atoms with Crippen molar-refractivity contribution in [1.82, 2.24) is 10.2 Å². The van der Waals surface area contributed by atoms with Crippen molar-refractivity contribution in [3.05, 3.63) is 24.3 Å². The molecule has 110 valence electrons. The van der Waals surface area contributed by atoms with E-state index < -0.39 is 0 Å². The van der Waals surface area contributed by atoms with Crippen LogP contribution in [0.3, 0.4) is 0 Å². The minimum atomic E-state index is -0.172. The summed E-state index contributed by atoms with van der Waals surface area (Å²) in [5.41, 5.74) is 0.827. The second kappa shape index (κ2) is 6.31. The highest BCUT2D eigenvalue weighted by Gasteiger charge is 2.28. The quantitative estimate of drug-likeness (QED) is 0.848. The number of nitrogens with one attached hydrogen (secondary N) is 1. The van der Waals surface area contributed by atoms with Crippen LogP contribution in [0, 0.1) is 0 Å². The van der Waals surface area contributed by atoms with Gasteiger partial charge in [-0.3, -0.25) is 4.79 Å². The fourth-order valence-electron chi connectivity index (χ4n) is 1.88. The first-order chi connectivity index (χ1) is 10.3. The van der Waals surface area contributed by atoms with Crippen LogP contribution in [0.1, 0.15) is 6.42 Å². The van der Waals surface area contributed by atoms with Gasteiger partial charge in [0.05, 0.1) is 19.4 Å². The summed E-state index contributed by atoms with van der Waals surface area (Å²) in [4.78, 5) is 11.4. The van der Waals surface area contributed by atoms with Crippen LogP contribution in [-0.2, 0) is 9.53 Å². The lowest BCUT2D eigenvalue weighted by Gasteiger charge is -2.07. The predicted molar refractivity (Wildman–Crippen MR) is 81.4 cm³/mol. The van der Waals surface area contributed by atoms with Crippen LogP contribution in [0.15, 0.2) is 28.6 Å². The Bertz CT molecular complexity index is 647. The molecule has 0 spiro atoms. The molecule has 1 aliphatic rings. The summed E-state index contributed by atoms with van der Waals surface area (Å²) in [7, 11) is 1.62. The number of cyclic esters (lactones) is 1. The number of esters is 1. The SMILES string of the molecule is COc1ccccc1Nc1nnc(S[C@H]2CCOC2=O)s1. The van der Waals surface area contributed by atoms with Crippen molar-refractivity contribution in [2.45, 2.75) is 16.0 Å². The zero-order chi connectivity index (χ0) is 14.7. The number of aromatic nitrogens is 2. The number of hydrogen-bond acceptors (Lipinski definition) is 8. The van der Waals surface area contributed by atoms with Gasteiger partial charge in [-0.1, -0.05) is 35.2 Å². The summed E-state index contributed by atoms with van der Waals surface area (Å²) in [5, 5.41) is 11.8. The van der Waals surface area contributed by atoms with E-state index in [1.807, 2.05) is 24.3 Å². The lowest BCUT2D eigenvalue weighted by atomic mass is 10.3. The second-order valence-corrected chi connectivity index (χ2v) is 6.69. The number of nitrogens with zero attached hydrogens (tertiary/aromatic N) is 2. The van der Waals surface area contributed by atoms with Crippen molar-refractivity contribution in [1.29, 1.82) is 0 Å². The summed E-state index contributed by atoms with van der Waals surface area (Å²) < 4.78 is 11.0. The number of carbonyl (C=O) groups excluding carboxylic acids is 1. The molecule has 0 amide bonds. The number of anilines is 2. The van der Waals surface area contributed by atoms with E-state index in [2.05, 4.69) is 15.5 Å². The van der Waals surface area contributed by atoms with Gasteiger partial charge in [-0.15, -0.1) is 10.2 Å². The van der Waals surface area contributed by atoms with E-state index in [4.69, 9.17) is 9.47 Å². The molecule has 0 unspecified atom stereocenters. The highest BCUT2D eigenvalue weighted by atomic mass is 32.2. The standard InChI is InChI=1S/C13H13N3O3S2/c1-18-9-5-3-2-4-8(9)14-12-15-16-13(21-12)20-10-6-7-19-11(10)17/h2-5,10H,6-7H2,1H3,(H,14,15)/t10-/m0/s1. The van der Waals surface area contributed by atoms with Gasteiger partial charge in [0, 0.05) is 6.42 Å². The molecule has 0 aliphatic carbocycles. The Balaban J connectivity index is 1.69. The maximum Gasteiger partial charge on any atom is 0.319 e. The first kappa shape index (κ1) is 14.2. The Labute approximate surface area is 129 Å². The van der Waals surface area contributed by atoms with Gasteiger partial charge in [0.15, 0.2) is 4.34 Å². The molecular weight excluding hydrogens is 310 g/mol. The third kappa shape index (κ3) is 3.27. The zero-order valence-electron chi connectivity index (χ0n) is 11.2. The molecule has 1 saturated heterocycles. The number of thioether (sulfide) groups is 1. The van der Waals surface area contributed by atoms with E-state index in [0.29, 0.717) is 11.7 Å². The van der Waals surface area contributed by atoms with Gasteiger partial charge >= 0.3 is 5.97 Å². The highest BCUT2D eigenvalue weighted by molar-refractivity contribution is 8.02. The lowest BCUT2D eigenvalue weighted by Crippen LogP contribution is -2.08. The van der Waals surface area contributed by atoms with Crippen LogP contribution in [-0.4, -0.2) is 35.1 Å². The number of rotatable bonds is 5. The first-order valence-electron chi connectivity index (χ1n) is 6.33. The van der Waals surface area contributed by atoms with Crippen LogP contribution >= 0.6 is 23.1 Å². The number of benzene rings is 1. The summed E-state index contributed by atoms with van der Waals surface area (Å²) >= 11 is 2.80. The molecule has 1 aromatic heterocycles. The molecule has 0 radical (unpaired) electrons. The molecule has 21 heavy (non-hydrogen) atoms. The van der Waals surface area contributed by atoms with E-state index in [9.17, 15) is 4.79 Å². The maximum atomic E-state index is 11.4. The Morgan fingerprint density at radius 2 is 2.29 bits per heavy atom. The normalized spacial score (nSPS) is 17.6. The molecule has 3 rings (SSSR count). The average Bonchev–Trinajstić information content (AvgIpc) is 3.10. The molecule has 1 aromatic carbocycles. The van der Waals surface area contributed by atoms with Crippen LogP contribution < -0.4 is 10.1 Å². The van der Waals surface area contributed by atoms with E-state index in [1.54, 1.807) is 7.11 Å². The molecule has 0 saturated carbocycles. The Morgan fingerprint density at radius 3 is 3.05 bits per heavy atom. The number of hydrogen-bond donors (Lipinski definition) is 1. The van der Waals surface area contributed by atoms with Crippen LogP contribution in [0.5, 0.6) is 5.75 Å². The molecular formula is C13H13N3O3S2. The molecule has 1 N–H and O–H groups in total. The van der Waals surface area contributed by atoms with Gasteiger partial charge < -0.3 is 14.8 Å². The van der Waals surface area contributed by atoms with Crippen LogP contribution in [0.2, 0.25) is 0 Å². The third-order valence-electron chi connectivity index (χ3n) is 2.89. The molecule has 8 heteroatoms. The van der Waals surface area contributed by atoms with Crippen molar-refractivity contribution in [3.8, 4) is 5.75 Å². The molecule has 1 fully saturated rings. The van der Waals surface area contributed by atoms with Crippen LogP contribution in [0.25, 0.3) is 0 Å². The minimum absolute atomic E-state index is 0.169. The fourth-order valence-corrected chi connectivity index (χ4v) is 3.85. The molecule has 2 aromatic rings. The van der Waals surface area contributed by atoms with E-state index in [-0.39, 0.29) is 11.2 Å². The number of methoxy groups -OCH3 is 1. The van der Waals surface area contributed by atoms with E-state index >= 15 is 0 Å². The molecule has 6 nitrogen and oxygen atoms in total. The second-order valence-electron chi connectivity index (χ2n) is 4.26. The maximum absolute atomic E-state index is 11.4. The van der Waals surface area contributed by atoms with Crippen molar-refractivity contribution >= 4 is 39.9 Å². The molecule has 1 aliphatic heterocycles. The minimum Gasteiger partial charge on any atom is -0.495 e. The Kier molecular flexibility index (Phi) is 4.26. The van der Waals surface area contributed by atoms with Crippen molar-refractivity contribution in [2.24, 2.45) is 0 Å². The van der Waals surface area contributed by atoms with Gasteiger partial charge in [0.1, 0.15) is 11.0 Å². The average molecular weight is 323 g/mol. The van der Waals surface area contributed by atoms with Gasteiger partial charge in [0.25, 0.3) is 0 Å². The summed E-state index contributed by atoms with van der Waals surface area (Å²) in [6.07, 6.45) is 0.721. The lowest BCUT2D eigenvalue weighted by molar-refractivity contribution is -0.137. The molecule has 1 atom stereocenters. The number of carbonyl (C=O) groups is 1.